The van der Waals surface area contributed by atoms with Gasteiger partial charge in [-0.2, -0.15) is 0 Å². The topological polar surface area (TPSA) is 0 Å². The minimum Gasteiger partial charge on any atom is -0.0995 e. The standard InChI is InChI=1S/C43H54/c1-26(2)36-22-35(21-28(5)19-20-34-17-15-14-16-18-34)30(7)39-31(8)40-33(10)43(13)32(9)38(27(3)4)29(6)23-42(43,12)25-41(40,11)24-37(36)39/h14-18,22,26H,3,5,8-9,19-21,23-25H2,1-2,4,6-7,10-13H3/t41-,42+,43-/m1/s1. The second kappa shape index (κ2) is 10.8. The highest BCUT2D eigenvalue weighted by molar-refractivity contribution is 5.87. The summed E-state index contributed by atoms with van der Waals surface area (Å²) in [7, 11) is 0. The van der Waals surface area contributed by atoms with Gasteiger partial charge in [0.05, 0.1) is 0 Å². The molecule has 3 atom stereocenters. The Hall–Kier alpha value is -3.12. The van der Waals surface area contributed by atoms with Gasteiger partial charge in [0.25, 0.3) is 0 Å². The summed E-state index contributed by atoms with van der Waals surface area (Å²) in [6, 6.07) is 13.3. The van der Waals surface area contributed by atoms with Gasteiger partial charge in [-0.15, -0.1) is 0 Å². The van der Waals surface area contributed by atoms with Crippen molar-refractivity contribution < 1.29 is 0 Å². The Morgan fingerprint density at radius 2 is 1.60 bits per heavy atom. The fourth-order valence-electron chi connectivity index (χ4n) is 9.71. The van der Waals surface area contributed by atoms with Crippen LogP contribution in [0, 0.1) is 23.2 Å². The maximum atomic E-state index is 4.94. The molecular weight excluding hydrogens is 516 g/mol. The number of hydrogen-bond acceptors (Lipinski definition) is 0. The maximum absolute atomic E-state index is 4.94. The first-order valence-electron chi connectivity index (χ1n) is 16.4. The third kappa shape index (κ3) is 4.81. The third-order valence-electron chi connectivity index (χ3n) is 11.8. The van der Waals surface area contributed by atoms with Crippen molar-refractivity contribution in [2.24, 2.45) is 16.2 Å². The average molecular weight is 571 g/mol. The summed E-state index contributed by atoms with van der Waals surface area (Å²) in [6.45, 7) is 40.1. The smallest absolute Gasteiger partial charge is 0.0194 e. The van der Waals surface area contributed by atoms with E-state index in [1.54, 1.807) is 0 Å². The number of allylic oxidation sites excluding steroid dienone is 8. The van der Waals surface area contributed by atoms with Gasteiger partial charge >= 0.3 is 0 Å². The Kier molecular flexibility index (Phi) is 7.86. The second-order valence-corrected chi connectivity index (χ2v) is 15.3. The molecule has 2 aromatic carbocycles. The van der Waals surface area contributed by atoms with Gasteiger partial charge in [-0.1, -0.05) is 120 Å². The Labute approximate surface area is 263 Å². The van der Waals surface area contributed by atoms with E-state index in [4.69, 9.17) is 13.2 Å². The predicted molar refractivity (Wildman–Crippen MR) is 189 cm³/mol. The third-order valence-corrected chi connectivity index (χ3v) is 11.8. The number of rotatable bonds is 7. The van der Waals surface area contributed by atoms with Crippen LogP contribution in [0.1, 0.15) is 114 Å². The molecule has 226 valence electrons. The summed E-state index contributed by atoms with van der Waals surface area (Å²) >= 11 is 0. The van der Waals surface area contributed by atoms with Gasteiger partial charge in [0.1, 0.15) is 0 Å². The normalized spacial score (nSPS) is 26.8. The summed E-state index contributed by atoms with van der Waals surface area (Å²) in [5, 5.41) is 0. The Morgan fingerprint density at radius 1 is 0.953 bits per heavy atom. The van der Waals surface area contributed by atoms with Crippen molar-refractivity contribution in [1.82, 2.24) is 0 Å². The molecule has 0 fully saturated rings. The molecule has 0 nitrogen and oxygen atoms in total. The predicted octanol–water partition coefficient (Wildman–Crippen LogP) is 12.0. The van der Waals surface area contributed by atoms with Crippen molar-refractivity contribution in [1.29, 1.82) is 0 Å². The van der Waals surface area contributed by atoms with Crippen molar-refractivity contribution in [2.45, 2.75) is 107 Å². The maximum Gasteiger partial charge on any atom is 0.0194 e. The van der Waals surface area contributed by atoms with Crippen LogP contribution in [0.15, 0.2) is 102 Å². The highest BCUT2D eigenvalue weighted by atomic mass is 14.6. The van der Waals surface area contributed by atoms with Crippen LogP contribution in [-0.2, 0) is 19.3 Å². The Morgan fingerprint density at radius 3 is 2.21 bits per heavy atom. The molecule has 0 aromatic heterocycles. The van der Waals surface area contributed by atoms with Crippen LogP contribution < -0.4 is 0 Å². The lowest BCUT2D eigenvalue weighted by molar-refractivity contribution is 0.0543. The molecule has 0 unspecified atom stereocenters. The van der Waals surface area contributed by atoms with E-state index in [1.807, 2.05) is 0 Å². The molecule has 0 aliphatic heterocycles. The Bertz CT molecular complexity index is 1620. The summed E-state index contributed by atoms with van der Waals surface area (Å²) < 4.78 is 0. The SMILES string of the molecule is C=C(CCc1ccccc1)Cc1cc(C(C)C)c2c(c1C)C(=C)C1=C(C)[C@@]3(C)C(=C)C(C(=C)C)=C(C)C[C@@]3(C)C[C@@]1(C)C2. The van der Waals surface area contributed by atoms with E-state index < -0.39 is 0 Å². The summed E-state index contributed by atoms with van der Waals surface area (Å²) in [6.07, 6.45) is 6.27. The Balaban J connectivity index is 1.61. The highest BCUT2D eigenvalue weighted by Crippen LogP contribution is 2.70. The first kappa shape index (κ1) is 31.3. The van der Waals surface area contributed by atoms with Crippen molar-refractivity contribution in [2.75, 3.05) is 0 Å². The summed E-state index contributed by atoms with van der Waals surface area (Å²) in [5.74, 6) is 0.455. The molecule has 0 heteroatoms. The van der Waals surface area contributed by atoms with Crippen LogP contribution in [0.4, 0.5) is 0 Å². The number of fused-ring (bicyclic) bond motifs is 3. The van der Waals surface area contributed by atoms with Gasteiger partial charge in [-0.25, -0.2) is 0 Å². The van der Waals surface area contributed by atoms with Gasteiger partial charge < -0.3 is 0 Å². The zero-order valence-corrected chi connectivity index (χ0v) is 28.6. The number of aryl methyl sites for hydroxylation is 1. The molecule has 0 N–H and O–H groups in total. The van der Waals surface area contributed by atoms with Crippen LogP contribution in [0.25, 0.3) is 5.57 Å². The molecule has 3 aliphatic carbocycles. The molecule has 2 aromatic rings. The van der Waals surface area contributed by atoms with E-state index >= 15 is 0 Å². The van der Waals surface area contributed by atoms with Gasteiger partial charge in [0.2, 0.25) is 0 Å². The van der Waals surface area contributed by atoms with Gasteiger partial charge in [-0.3, -0.25) is 0 Å². The molecule has 0 bridgehead atoms. The van der Waals surface area contributed by atoms with Crippen molar-refractivity contribution in [3.63, 3.8) is 0 Å². The van der Waals surface area contributed by atoms with E-state index in [9.17, 15) is 0 Å². The molecular formula is C43H54. The number of benzene rings is 2. The van der Waals surface area contributed by atoms with Gasteiger partial charge in [0, 0.05) is 5.41 Å². The average Bonchev–Trinajstić information content (AvgIpc) is 2.91. The largest absolute Gasteiger partial charge is 0.0995 e. The monoisotopic (exact) mass is 570 g/mol. The molecule has 0 saturated heterocycles. The van der Waals surface area contributed by atoms with E-state index in [0.717, 1.165) is 44.1 Å². The van der Waals surface area contributed by atoms with E-state index in [0.29, 0.717) is 5.92 Å². The zero-order valence-electron chi connectivity index (χ0n) is 28.6. The molecule has 3 aliphatic rings. The van der Waals surface area contributed by atoms with Crippen LogP contribution >= 0.6 is 0 Å². The number of hydrogen-bond donors (Lipinski definition) is 0. The van der Waals surface area contributed by atoms with Crippen LogP contribution in [-0.4, -0.2) is 0 Å². The van der Waals surface area contributed by atoms with Crippen molar-refractivity contribution in [3.8, 4) is 0 Å². The molecule has 0 saturated carbocycles. The first-order chi connectivity index (χ1) is 20.1. The van der Waals surface area contributed by atoms with Gasteiger partial charge in [-0.05, 0) is 139 Å². The second-order valence-electron chi connectivity index (χ2n) is 15.3. The quantitative estimate of drug-likeness (QED) is 0.290. The summed E-state index contributed by atoms with van der Waals surface area (Å²) in [4.78, 5) is 0. The van der Waals surface area contributed by atoms with E-state index in [2.05, 4.69) is 112 Å². The fourth-order valence-corrected chi connectivity index (χ4v) is 9.71. The minimum absolute atomic E-state index is 0.0423. The van der Waals surface area contributed by atoms with E-state index in [-0.39, 0.29) is 16.2 Å². The molecule has 0 radical (unpaired) electrons. The highest BCUT2D eigenvalue weighted by Gasteiger charge is 2.59. The van der Waals surface area contributed by atoms with Crippen LogP contribution in [0.2, 0.25) is 0 Å². The lowest BCUT2D eigenvalue weighted by Crippen LogP contribution is -2.52. The fraction of sp³-hybridized carbons (Fsp3) is 0.442. The molecule has 5 rings (SSSR count). The molecule has 0 spiro atoms. The van der Waals surface area contributed by atoms with Crippen molar-refractivity contribution in [3.05, 3.63) is 135 Å². The lowest BCUT2D eigenvalue weighted by Gasteiger charge is -2.62. The molecule has 43 heavy (non-hydrogen) atoms. The van der Waals surface area contributed by atoms with Crippen LogP contribution in [0.5, 0.6) is 0 Å². The molecule has 0 amide bonds. The zero-order chi connectivity index (χ0) is 31.6. The first-order valence-corrected chi connectivity index (χ1v) is 16.4. The lowest BCUT2D eigenvalue weighted by atomic mass is 9.41. The summed E-state index contributed by atoms with van der Waals surface area (Å²) in [5.41, 5.74) is 19.3. The molecule has 0 heterocycles. The van der Waals surface area contributed by atoms with Crippen molar-refractivity contribution >= 4 is 5.57 Å². The van der Waals surface area contributed by atoms with Crippen LogP contribution in [0.3, 0.4) is 0 Å². The van der Waals surface area contributed by atoms with E-state index in [1.165, 1.54) is 72.4 Å². The minimum atomic E-state index is -0.131. The van der Waals surface area contributed by atoms with Gasteiger partial charge in [0.15, 0.2) is 0 Å².